The number of carbonyl (C=O) groups excluding carboxylic acids is 1. The molecule has 0 aliphatic carbocycles. The van der Waals surface area contributed by atoms with Crippen LogP contribution in [0, 0.1) is 0 Å². The molecule has 1 saturated heterocycles. The van der Waals surface area contributed by atoms with E-state index in [0.717, 1.165) is 39.0 Å². The van der Waals surface area contributed by atoms with Crippen LogP contribution in [0.2, 0.25) is 0 Å². The van der Waals surface area contributed by atoms with Crippen LogP contribution in [-0.4, -0.2) is 51.4 Å². The van der Waals surface area contributed by atoms with E-state index in [1.807, 2.05) is 29.3 Å². The van der Waals surface area contributed by atoms with Crippen molar-refractivity contribution in [3.63, 3.8) is 0 Å². The number of carbonyl (C=O) groups is 1. The zero-order valence-corrected chi connectivity index (χ0v) is 13.4. The predicted octanol–water partition coefficient (Wildman–Crippen LogP) is 2.30. The standard InChI is InChI=1S/C17H22N4O2/c1-2-12-23-15-6-10-20(11-7-15)17(22)14-4-5-16(18-13-14)21-9-3-8-19-21/h3-5,8-9,13,15H,2,6-7,10-12H2,1H3. The number of nitrogens with zero attached hydrogens (tertiary/aromatic N) is 4. The van der Waals surface area contributed by atoms with Crippen LogP contribution in [0.4, 0.5) is 0 Å². The largest absolute Gasteiger partial charge is 0.378 e. The second kappa shape index (κ2) is 7.37. The Morgan fingerprint density at radius 1 is 1.35 bits per heavy atom. The van der Waals surface area contributed by atoms with Crippen molar-refractivity contribution in [2.45, 2.75) is 32.3 Å². The predicted molar refractivity (Wildman–Crippen MR) is 86.5 cm³/mol. The summed E-state index contributed by atoms with van der Waals surface area (Å²) in [5.74, 6) is 0.747. The maximum Gasteiger partial charge on any atom is 0.255 e. The maximum absolute atomic E-state index is 12.5. The summed E-state index contributed by atoms with van der Waals surface area (Å²) < 4.78 is 7.43. The molecule has 1 aliphatic rings. The van der Waals surface area contributed by atoms with Crippen LogP contribution in [-0.2, 0) is 4.74 Å². The highest BCUT2D eigenvalue weighted by atomic mass is 16.5. The van der Waals surface area contributed by atoms with E-state index in [0.29, 0.717) is 17.5 Å². The molecule has 0 bridgehead atoms. The fourth-order valence-electron chi connectivity index (χ4n) is 2.75. The van der Waals surface area contributed by atoms with Gasteiger partial charge < -0.3 is 9.64 Å². The van der Waals surface area contributed by atoms with E-state index in [-0.39, 0.29) is 5.91 Å². The zero-order chi connectivity index (χ0) is 16.1. The van der Waals surface area contributed by atoms with Crippen LogP contribution in [0.3, 0.4) is 0 Å². The van der Waals surface area contributed by atoms with E-state index < -0.39 is 0 Å². The molecule has 2 aromatic rings. The molecule has 3 heterocycles. The van der Waals surface area contributed by atoms with Gasteiger partial charge in [-0.05, 0) is 37.5 Å². The summed E-state index contributed by atoms with van der Waals surface area (Å²) in [5.41, 5.74) is 0.619. The number of likely N-dealkylation sites (tertiary alicyclic amines) is 1. The monoisotopic (exact) mass is 314 g/mol. The Hall–Kier alpha value is -2.21. The molecule has 0 N–H and O–H groups in total. The Balaban J connectivity index is 1.58. The molecule has 1 aliphatic heterocycles. The van der Waals surface area contributed by atoms with Gasteiger partial charge in [-0.3, -0.25) is 4.79 Å². The first-order valence-electron chi connectivity index (χ1n) is 8.15. The lowest BCUT2D eigenvalue weighted by molar-refractivity contribution is 0.00900. The molecule has 122 valence electrons. The molecule has 6 heteroatoms. The number of hydrogen-bond acceptors (Lipinski definition) is 4. The molecule has 0 spiro atoms. The van der Waals surface area contributed by atoms with Gasteiger partial charge in [0.2, 0.25) is 0 Å². The molecule has 0 saturated carbocycles. The van der Waals surface area contributed by atoms with E-state index in [1.165, 1.54) is 0 Å². The lowest BCUT2D eigenvalue weighted by atomic mass is 10.1. The summed E-state index contributed by atoms with van der Waals surface area (Å²) in [4.78, 5) is 18.7. The fourth-order valence-corrected chi connectivity index (χ4v) is 2.75. The highest BCUT2D eigenvalue weighted by molar-refractivity contribution is 5.94. The van der Waals surface area contributed by atoms with Crippen molar-refractivity contribution in [3.8, 4) is 5.82 Å². The summed E-state index contributed by atoms with van der Waals surface area (Å²) in [6.45, 7) is 4.40. The number of piperidine rings is 1. The molecule has 0 atom stereocenters. The minimum atomic E-state index is 0.0402. The second-order valence-corrected chi connectivity index (χ2v) is 5.72. The minimum Gasteiger partial charge on any atom is -0.378 e. The maximum atomic E-state index is 12.5. The fraction of sp³-hybridized carbons (Fsp3) is 0.471. The number of ether oxygens (including phenoxy) is 1. The number of amides is 1. The molecule has 0 unspecified atom stereocenters. The Labute approximate surface area is 136 Å². The van der Waals surface area contributed by atoms with Crippen molar-refractivity contribution in [3.05, 3.63) is 42.4 Å². The molecule has 1 amide bonds. The Kier molecular flexibility index (Phi) is 5.02. The van der Waals surface area contributed by atoms with Crippen molar-refractivity contribution in [1.82, 2.24) is 19.7 Å². The Bertz CT molecular complexity index is 617. The van der Waals surface area contributed by atoms with Gasteiger partial charge in [-0.2, -0.15) is 5.10 Å². The van der Waals surface area contributed by atoms with E-state index in [4.69, 9.17) is 4.74 Å². The molecule has 2 aromatic heterocycles. The van der Waals surface area contributed by atoms with Crippen LogP contribution < -0.4 is 0 Å². The molecule has 0 radical (unpaired) electrons. The van der Waals surface area contributed by atoms with Crippen LogP contribution in [0.1, 0.15) is 36.5 Å². The average molecular weight is 314 g/mol. The van der Waals surface area contributed by atoms with Gasteiger partial charge in [0.1, 0.15) is 0 Å². The molecule has 0 aromatic carbocycles. The first-order valence-corrected chi connectivity index (χ1v) is 8.15. The first-order chi connectivity index (χ1) is 11.3. The van der Waals surface area contributed by atoms with Gasteiger partial charge in [0, 0.05) is 38.3 Å². The van der Waals surface area contributed by atoms with Gasteiger partial charge in [-0.25, -0.2) is 9.67 Å². The van der Waals surface area contributed by atoms with Gasteiger partial charge in [0.15, 0.2) is 5.82 Å². The van der Waals surface area contributed by atoms with Crippen molar-refractivity contribution < 1.29 is 9.53 Å². The van der Waals surface area contributed by atoms with Gasteiger partial charge in [0.05, 0.1) is 11.7 Å². The number of aromatic nitrogens is 3. The van der Waals surface area contributed by atoms with Crippen LogP contribution in [0.25, 0.3) is 5.82 Å². The van der Waals surface area contributed by atoms with Crippen LogP contribution >= 0.6 is 0 Å². The van der Waals surface area contributed by atoms with Crippen molar-refractivity contribution in [2.75, 3.05) is 19.7 Å². The van der Waals surface area contributed by atoms with Gasteiger partial charge >= 0.3 is 0 Å². The van der Waals surface area contributed by atoms with E-state index in [1.54, 1.807) is 17.1 Å². The van der Waals surface area contributed by atoms with E-state index >= 15 is 0 Å². The molecular formula is C17H22N4O2. The van der Waals surface area contributed by atoms with Gasteiger partial charge in [0.25, 0.3) is 5.91 Å². The molecule has 1 fully saturated rings. The highest BCUT2D eigenvalue weighted by Crippen LogP contribution is 2.17. The molecular weight excluding hydrogens is 292 g/mol. The molecule has 6 nitrogen and oxygen atoms in total. The van der Waals surface area contributed by atoms with E-state index in [9.17, 15) is 4.79 Å². The lowest BCUT2D eigenvalue weighted by Gasteiger charge is -2.32. The minimum absolute atomic E-state index is 0.0402. The third-order valence-electron chi connectivity index (χ3n) is 4.02. The van der Waals surface area contributed by atoms with Crippen molar-refractivity contribution in [2.24, 2.45) is 0 Å². The third-order valence-corrected chi connectivity index (χ3v) is 4.02. The summed E-state index contributed by atoms with van der Waals surface area (Å²) in [5, 5.41) is 4.13. The average Bonchev–Trinajstić information content (AvgIpc) is 3.14. The number of rotatable bonds is 5. The normalized spacial score (nSPS) is 15.8. The van der Waals surface area contributed by atoms with E-state index in [2.05, 4.69) is 17.0 Å². The van der Waals surface area contributed by atoms with Crippen molar-refractivity contribution >= 4 is 5.91 Å². The summed E-state index contributed by atoms with van der Waals surface area (Å²) >= 11 is 0. The SMILES string of the molecule is CCCOC1CCN(C(=O)c2ccc(-n3cccn3)nc2)CC1. The zero-order valence-electron chi connectivity index (χ0n) is 13.4. The first kappa shape index (κ1) is 15.7. The lowest BCUT2D eigenvalue weighted by Crippen LogP contribution is -2.41. The second-order valence-electron chi connectivity index (χ2n) is 5.72. The third kappa shape index (κ3) is 3.76. The van der Waals surface area contributed by atoms with Gasteiger partial charge in [-0.1, -0.05) is 6.92 Å². The van der Waals surface area contributed by atoms with Crippen molar-refractivity contribution in [1.29, 1.82) is 0 Å². The Morgan fingerprint density at radius 3 is 2.78 bits per heavy atom. The molecule has 23 heavy (non-hydrogen) atoms. The number of pyridine rings is 1. The molecule has 3 rings (SSSR count). The Morgan fingerprint density at radius 2 is 2.17 bits per heavy atom. The highest BCUT2D eigenvalue weighted by Gasteiger charge is 2.24. The van der Waals surface area contributed by atoms with Gasteiger partial charge in [-0.15, -0.1) is 0 Å². The van der Waals surface area contributed by atoms with Crippen LogP contribution in [0.15, 0.2) is 36.8 Å². The summed E-state index contributed by atoms with van der Waals surface area (Å²) in [7, 11) is 0. The smallest absolute Gasteiger partial charge is 0.255 e. The quantitative estimate of drug-likeness (QED) is 0.849. The number of hydrogen-bond donors (Lipinski definition) is 0. The van der Waals surface area contributed by atoms with Crippen LogP contribution in [0.5, 0.6) is 0 Å². The summed E-state index contributed by atoms with van der Waals surface area (Å²) in [6.07, 6.45) is 8.29. The summed E-state index contributed by atoms with van der Waals surface area (Å²) in [6, 6.07) is 5.47. The topological polar surface area (TPSA) is 60.2 Å².